The van der Waals surface area contributed by atoms with Gasteiger partial charge in [0.15, 0.2) is 0 Å². The average molecular weight is 871 g/mol. The molecule has 0 saturated heterocycles. The first-order valence-electron chi connectivity index (χ1n) is 24.9. The standard InChI is InChI=1S/C63H59BN2O/c1-10-11-16-39-21-26-54(38(3)31-39)65-55-36-58-47(46-33-51-52(35-57(46)67-58)62(6,7)28-27-61(51,4)5)34-53(55)64-59-48(29-37(2)30-56(59)65)45-24-22-40-17-12-13-18-42(40)60(45)66(64)41-23-25-44-43-19-14-15-20-49(43)63(8,9)50(44)32-41/h12-15,17-26,29-36H,10-11,16,27-28H2,1-9H3. The van der Waals surface area contributed by atoms with Gasteiger partial charge in [0.2, 0.25) is 0 Å². The quantitative estimate of drug-likeness (QED) is 0.161. The summed E-state index contributed by atoms with van der Waals surface area (Å²) >= 11 is 0. The van der Waals surface area contributed by atoms with Crippen LogP contribution in [0, 0.1) is 13.8 Å². The first-order valence-corrected chi connectivity index (χ1v) is 24.9. The van der Waals surface area contributed by atoms with Crippen LogP contribution in [0.1, 0.15) is 113 Å². The van der Waals surface area contributed by atoms with E-state index >= 15 is 0 Å². The maximum Gasteiger partial charge on any atom is 0.333 e. The van der Waals surface area contributed by atoms with E-state index in [1.807, 2.05) is 0 Å². The predicted octanol–water partition coefficient (Wildman–Crippen LogP) is 16.1. The lowest BCUT2D eigenvalue weighted by atomic mass is 9.43. The van der Waals surface area contributed by atoms with E-state index in [1.165, 1.54) is 141 Å². The zero-order chi connectivity index (χ0) is 45.9. The lowest BCUT2D eigenvalue weighted by molar-refractivity contribution is 0.332. The van der Waals surface area contributed by atoms with E-state index in [-0.39, 0.29) is 23.1 Å². The Morgan fingerprint density at radius 2 is 1.28 bits per heavy atom. The SMILES string of the molecule is CCCCc1ccc(N2c3cc4oc5cc6c(cc5c4cc3B3c4c(cc(C)cc42)-c2ccc4ccccc4c2N3c2ccc3c(c2)C(C)(C)c2ccccc2-3)C(C)(C)CCC6(C)C)c(C)c1. The Balaban J connectivity index is 1.15. The molecular formula is C63H59BN2O. The first kappa shape index (κ1) is 40.7. The van der Waals surface area contributed by atoms with Crippen molar-refractivity contribution in [2.45, 2.75) is 111 Å². The van der Waals surface area contributed by atoms with Crippen molar-refractivity contribution in [3.8, 4) is 22.3 Å². The minimum absolute atomic E-state index is 0.0755. The number of furan rings is 1. The molecule has 0 saturated carbocycles. The van der Waals surface area contributed by atoms with Crippen LogP contribution in [0.4, 0.5) is 28.4 Å². The fourth-order valence-electron chi connectivity index (χ4n) is 13.1. The molecule has 13 rings (SSSR count). The van der Waals surface area contributed by atoms with E-state index in [9.17, 15) is 0 Å². The topological polar surface area (TPSA) is 19.6 Å². The van der Waals surface area contributed by atoms with Crippen LogP contribution in [0.5, 0.6) is 0 Å². The zero-order valence-corrected chi connectivity index (χ0v) is 40.6. The van der Waals surface area contributed by atoms with Gasteiger partial charge in [0.25, 0.3) is 0 Å². The van der Waals surface area contributed by atoms with Crippen LogP contribution in [-0.2, 0) is 22.7 Å². The average Bonchev–Trinajstić information content (AvgIpc) is 3.78. The van der Waals surface area contributed by atoms with Crippen LogP contribution in [0.2, 0.25) is 0 Å². The van der Waals surface area contributed by atoms with Gasteiger partial charge in [-0.05, 0) is 159 Å². The Hall–Kier alpha value is -6.52. The lowest BCUT2D eigenvalue weighted by Crippen LogP contribution is -2.61. The lowest BCUT2D eigenvalue weighted by Gasteiger charge is -2.46. The molecule has 330 valence electrons. The Morgan fingerprint density at radius 1 is 0.567 bits per heavy atom. The van der Waals surface area contributed by atoms with Gasteiger partial charge in [-0.2, -0.15) is 0 Å². The summed E-state index contributed by atoms with van der Waals surface area (Å²) in [4.78, 5) is 5.32. The van der Waals surface area contributed by atoms with E-state index in [0.29, 0.717) is 0 Å². The molecule has 0 fully saturated rings. The fourth-order valence-corrected chi connectivity index (χ4v) is 13.1. The smallest absolute Gasteiger partial charge is 0.333 e. The monoisotopic (exact) mass is 870 g/mol. The van der Waals surface area contributed by atoms with Gasteiger partial charge in [-0.15, -0.1) is 0 Å². The highest BCUT2D eigenvalue weighted by Gasteiger charge is 2.47. The summed E-state index contributed by atoms with van der Waals surface area (Å²) in [5, 5.41) is 4.92. The molecule has 3 nitrogen and oxygen atoms in total. The van der Waals surface area contributed by atoms with E-state index in [4.69, 9.17) is 4.42 Å². The Morgan fingerprint density at radius 3 is 2.09 bits per heavy atom. The van der Waals surface area contributed by atoms with E-state index < -0.39 is 0 Å². The fraction of sp³-hybridized carbons (Fsp3) is 0.270. The van der Waals surface area contributed by atoms with Crippen LogP contribution in [-0.4, -0.2) is 6.85 Å². The molecule has 4 aliphatic rings. The zero-order valence-electron chi connectivity index (χ0n) is 40.6. The number of fused-ring (bicyclic) bond motifs is 13. The predicted molar refractivity (Wildman–Crippen MR) is 286 cm³/mol. The van der Waals surface area contributed by atoms with Crippen molar-refractivity contribution in [2.24, 2.45) is 0 Å². The van der Waals surface area contributed by atoms with Gasteiger partial charge < -0.3 is 14.1 Å². The van der Waals surface area contributed by atoms with Crippen LogP contribution in [0.15, 0.2) is 138 Å². The molecule has 2 aliphatic carbocycles. The molecule has 9 aromatic rings. The van der Waals surface area contributed by atoms with Gasteiger partial charge in [0.05, 0.1) is 0 Å². The highest BCUT2D eigenvalue weighted by atomic mass is 16.3. The van der Waals surface area contributed by atoms with Crippen molar-refractivity contribution in [3.05, 3.63) is 172 Å². The van der Waals surface area contributed by atoms with Crippen molar-refractivity contribution < 1.29 is 4.42 Å². The highest BCUT2D eigenvalue weighted by Crippen LogP contribution is 2.55. The van der Waals surface area contributed by atoms with Crippen molar-refractivity contribution >= 4 is 78.9 Å². The Bertz CT molecular complexity index is 3600. The third-order valence-electron chi connectivity index (χ3n) is 16.8. The molecule has 0 radical (unpaired) electrons. The maximum absolute atomic E-state index is 7.13. The molecule has 8 aromatic carbocycles. The summed E-state index contributed by atoms with van der Waals surface area (Å²) < 4.78 is 7.13. The molecule has 0 atom stereocenters. The molecule has 3 heterocycles. The highest BCUT2D eigenvalue weighted by molar-refractivity contribution is 6.94. The minimum atomic E-state index is -0.148. The van der Waals surface area contributed by atoms with Gasteiger partial charge in [0, 0.05) is 61.6 Å². The molecule has 0 amide bonds. The van der Waals surface area contributed by atoms with Crippen LogP contribution in [0.3, 0.4) is 0 Å². The summed E-state index contributed by atoms with van der Waals surface area (Å²) in [6.45, 7) is 21.2. The number of unbranched alkanes of at least 4 members (excludes halogenated alkanes) is 1. The first-order chi connectivity index (χ1) is 32.2. The number of hydrogen-bond donors (Lipinski definition) is 0. The van der Waals surface area contributed by atoms with Gasteiger partial charge in [-0.3, -0.25) is 0 Å². The molecule has 0 N–H and O–H groups in total. The summed E-state index contributed by atoms with van der Waals surface area (Å²) in [6.07, 6.45) is 5.80. The second kappa shape index (κ2) is 14.0. The van der Waals surface area contributed by atoms with Gasteiger partial charge in [0.1, 0.15) is 11.2 Å². The molecule has 0 bridgehead atoms. The largest absolute Gasteiger partial charge is 0.456 e. The normalized spacial score (nSPS) is 16.8. The van der Waals surface area contributed by atoms with Crippen molar-refractivity contribution in [1.82, 2.24) is 0 Å². The molecule has 1 aromatic heterocycles. The maximum atomic E-state index is 7.13. The molecular weight excluding hydrogens is 812 g/mol. The van der Waals surface area contributed by atoms with Gasteiger partial charge >= 0.3 is 6.85 Å². The van der Waals surface area contributed by atoms with Crippen LogP contribution >= 0.6 is 0 Å². The molecule has 4 heteroatoms. The third kappa shape index (κ3) is 5.71. The Kier molecular flexibility index (Phi) is 8.52. The van der Waals surface area contributed by atoms with Crippen molar-refractivity contribution in [3.63, 3.8) is 0 Å². The van der Waals surface area contributed by atoms with Gasteiger partial charge in [-0.25, -0.2) is 0 Å². The van der Waals surface area contributed by atoms with Crippen molar-refractivity contribution in [1.29, 1.82) is 0 Å². The second-order valence-electron chi connectivity index (χ2n) is 22.3. The number of anilines is 5. The van der Waals surface area contributed by atoms with E-state index in [1.54, 1.807) is 0 Å². The molecule has 0 unspecified atom stereocenters. The summed E-state index contributed by atoms with van der Waals surface area (Å²) in [6, 6.07) is 52.1. The Labute approximate surface area is 396 Å². The number of aryl methyl sites for hydroxylation is 3. The number of benzene rings is 8. The number of rotatable bonds is 5. The van der Waals surface area contributed by atoms with Gasteiger partial charge in [-0.1, -0.05) is 146 Å². The van der Waals surface area contributed by atoms with Crippen molar-refractivity contribution in [2.75, 3.05) is 9.71 Å². The number of hydrogen-bond acceptors (Lipinski definition) is 3. The summed E-state index contributed by atoms with van der Waals surface area (Å²) in [5.41, 5.74) is 25.6. The molecule has 2 aliphatic heterocycles. The third-order valence-corrected chi connectivity index (χ3v) is 16.8. The van der Waals surface area contributed by atoms with E-state index in [0.717, 1.165) is 24.0 Å². The second-order valence-corrected chi connectivity index (χ2v) is 22.3. The van der Waals surface area contributed by atoms with Crippen LogP contribution < -0.4 is 20.6 Å². The minimum Gasteiger partial charge on any atom is -0.456 e. The summed E-state index contributed by atoms with van der Waals surface area (Å²) in [5.74, 6) is 0. The molecule has 67 heavy (non-hydrogen) atoms. The van der Waals surface area contributed by atoms with Crippen LogP contribution in [0.25, 0.3) is 55.0 Å². The molecule has 0 spiro atoms. The summed E-state index contributed by atoms with van der Waals surface area (Å²) in [7, 11) is 0. The van der Waals surface area contributed by atoms with E-state index in [2.05, 4.69) is 205 Å². The number of nitrogens with zero attached hydrogens (tertiary/aromatic N) is 2.